The van der Waals surface area contributed by atoms with Gasteiger partial charge in [-0.3, -0.25) is 0 Å². The quantitative estimate of drug-likeness (QED) is 0.0841. The van der Waals surface area contributed by atoms with Gasteiger partial charge in [0.1, 0.15) is 23.4 Å². The number of rotatable bonds is 8. The molecule has 1 radical (unpaired) electrons. The van der Waals surface area contributed by atoms with Crippen LogP contribution in [0.15, 0.2) is 77.1 Å². The number of aliphatic hydroxyl groups is 1. The maximum absolute atomic E-state index is 11.1. The van der Waals surface area contributed by atoms with Crippen LogP contribution in [0.5, 0.6) is 17.2 Å². The number of alkyl halides is 1. The number of thiol groups is 1. The molecule has 0 heterocycles. The second-order valence-electron chi connectivity index (χ2n) is 9.32. The molecule has 14 heteroatoms. The Labute approximate surface area is 292 Å². The third-order valence-corrected chi connectivity index (χ3v) is 5.93. The number of benzene rings is 3. The number of hydrogen-bond acceptors (Lipinski definition) is 12. The predicted molar refractivity (Wildman–Crippen MR) is 188 cm³/mol. The standard InChI is InChI=1S/C11H13BrO3.C11H14O3.C7H8O.C4H8O3.BHNS/c1-8(11(13)14-2)15-10-5-3-4-9(6-10)7-12;1-8-5-4-6-10(7-8)14-9(2)11(12)13-3;1-6-3-2-4-7(8)5-6;1-3(5)4(6)7-2;1-2-3/h3-6,8H,7H2,1-2H3;4-7,9H,1-3H3;2-5,8H,1H3;3,5H,1-2H3;3H/t8-;9-;;3-;/m00.1./s1. The van der Waals surface area contributed by atoms with Crippen molar-refractivity contribution in [1.29, 1.82) is 0 Å². The monoisotopic (exact) mass is 736 g/mol. The second kappa shape index (κ2) is 27.3. The first-order valence-corrected chi connectivity index (χ1v) is 15.5. The molecule has 3 aromatic rings. The molecule has 0 fully saturated rings. The number of esters is 3. The number of aryl methyl sites for hydroxylation is 2. The van der Waals surface area contributed by atoms with Crippen LogP contribution >= 0.6 is 28.7 Å². The number of phenolic OH excluding ortho intramolecular Hbond substituents is 1. The number of phenols is 1. The minimum atomic E-state index is -0.995. The van der Waals surface area contributed by atoms with Gasteiger partial charge in [0.05, 0.1) is 21.3 Å². The molecule has 257 valence electrons. The van der Waals surface area contributed by atoms with Crippen molar-refractivity contribution in [3.63, 3.8) is 0 Å². The molecule has 0 bridgehead atoms. The molecule has 3 aromatic carbocycles. The van der Waals surface area contributed by atoms with Crippen molar-refractivity contribution in [2.75, 3.05) is 21.3 Å². The fourth-order valence-corrected chi connectivity index (χ4v) is 3.37. The average molecular weight is 737 g/mol. The molecule has 0 amide bonds. The fourth-order valence-electron chi connectivity index (χ4n) is 3.03. The molecule has 0 aliphatic heterocycles. The minimum absolute atomic E-state index is 0.338. The van der Waals surface area contributed by atoms with E-state index in [1.807, 2.05) is 74.5 Å². The number of ether oxygens (including phenoxy) is 5. The van der Waals surface area contributed by atoms with Gasteiger partial charge in [0.25, 0.3) is 0 Å². The van der Waals surface area contributed by atoms with Crippen molar-refractivity contribution < 1.29 is 48.3 Å². The van der Waals surface area contributed by atoms with Gasteiger partial charge < -0.3 is 33.9 Å². The van der Waals surface area contributed by atoms with Crippen LogP contribution in [-0.2, 0) is 33.9 Å². The summed E-state index contributed by atoms with van der Waals surface area (Å²) in [7, 11) is 8.26. The zero-order chi connectivity index (χ0) is 36.4. The summed E-state index contributed by atoms with van der Waals surface area (Å²) in [6.07, 6.45) is -2.15. The summed E-state index contributed by atoms with van der Waals surface area (Å²) in [5.74, 6) is 0.350. The number of aliphatic hydroxyl groups excluding tert-OH is 1. The molecule has 0 aromatic heterocycles. The first-order chi connectivity index (χ1) is 22.2. The number of nitrogens with zero attached hydrogens (tertiary/aromatic N) is 1. The van der Waals surface area contributed by atoms with E-state index in [0.29, 0.717) is 17.2 Å². The van der Waals surface area contributed by atoms with Gasteiger partial charge in [0.2, 0.25) is 0 Å². The SMILES string of the molecule is COC(=O)[C@@H](C)O.COC(=O)[C@H](C)Oc1cccc(C)c1.COC(=O)[C@H](C)Oc1cccc(CBr)c1.Cc1cccc(O)c1.[B]=NS. The van der Waals surface area contributed by atoms with Crippen molar-refractivity contribution in [3.8, 4) is 17.2 Å². The molecule has 0 saturated heterocycles. The average Bonchev–Trinajstić information content (AvgIpc) is 3.04. The van der Waals surface area contributed by atoms with E-state index < -0.39 is 24.3 Å². The number of carbonyl (C=O) groups excluding carboxylic acids is 3. The molecule has 0 spiro atoms. The van der Waals surface area contributed by atoms with Crippen molar-refractivity contribution in [1.82, 2.24) is 0 Å². The molecule has 47 heavy (non-hydrogen) atoms. The van der Waals surface area contributed by atoms with Crippen LogP contribution in [0.25, 0.3) is 0 Å². The van der Waals surface area contributed by atoms with Crippen molar-refractivity contribution in [3.05, 3.63) is 89.5 Å². The number of aromatic hydroxyl groups is 1. The van der Waals surface area contributed by atoms with Crippen LogP contribution in [0.3, 0.4) is 0 Å². The summed E-state index contributed by atoms with van der Waals surface area (Å²) in [5.41, 5.74) is 3.29. The Bertz CT molecular complexity index is 1330. The van der Waals surface area contributed by atoms with E-state index in [1.54, 1.807) is 26.0 Å². The molecular weight excluding hydrogens is 693 g/mol. The topological polar surface area (TPSA) is 150 Å². The Morgan fingerprint density at radius 1 is 0.766 bits per heavy atom. The van der Waals surface area contributed by atoms with Gasteiger partial charge in [-0.2, -0.15) is 0 Å². The molecule has 0 saturated carbocycles. The summed E-state index contributed by atoms with van der Waals surface area (Å²) >= 11 is 6.54. The van der Waals surface area contributed by atoms with E-state index in [-0.39, 0.29) is 11.9 Å². The molecule has 3 rings (SSSR count). The Kier molecular flexibility index (Phi) is 26.2. The molecule has 0 aliphatic rings. The van der Waals surface area contributed by atoms with E-state index in [0.717, 1.165) is 22.0 Å². The predicted octanol–water partition coefficient (Wildman–Crippen LogP) is 5.88. The summed E-state index contributed by atoms with van der Waals surface area (Å²) in [5, 5.41) is 17.9. The van der Waals surface area contributed by atoms with Gasteiger partial charge >= 0.3 is 42.7 Å². The van der Waals surface area contributed by atoms with Crippen LogP contribution in [0.4, 0.5) is 0 Å². The van der Waals surface area contributed by atoms with Crippen molar-refractivity contribution >= 4 is 54.3 Å². The Balaban J connectivity index is 0. The van der Waals surface area contributed by atoms with E-state index in [1.165, 1.54) is 28.3 Å². The zero-order valence-corrected chi connectivity index (χ0v) is 30.4. The van der Waals surface area contributed by atoms with E-state index in [2.05, 4.69) is 54.9 Å². The molecule has 3 atom stereocenters. The number of methoxy groups -OCH3 is 3. The van der Waals surface area contributed by atoms with Gasteiger partial charge in [-0.15, -0.1) is 0 Å². The van der Waals surface area contributed by atoms with Gasteiger partial charge in [-0.1, -0.05) is 52.3 Å². The molecule has 11 nitrogen and oxygen atoms in total. The van der Waals surface area contributed by atoms with Crippen LogP contribution in [0, 0.1) is 13.8 Å². The van der Waals surface area contributed by atoms with Gasteiger partial charge in [-0.25, -0.2) is 14.4 Å². The summed E-state index contributed by atoms with van der Waals surface area (Å²) in [6, 6.07) is 22.2. The number of halogens is 1. The van der Waals surface area contributed by atoms with Gasteiger partial charge in [-0.05, 0) is 87.7 Å². The molecule has 2 N–H and O–H groups in total. The Hall–Kier alpha value is -3.88. The normalized spacial score (nSPS) is 11.1. The summed E-state index contributed by atoms with van der Waals surface area (Å²) in [6.45, 7) is 8.59. The van der Waals surface area contributed by atoms with Crippen LogP contribution in [-0.4, -0.2) is 75.4 Å². The molecule has 0 unspecified atom stereocenters. The third kappa shape index (κ3) is 23.2. The first-order valence-electron chi connectivity index (χ1n) is 14.0. The Morgan fingerprint density at radius 3 is 1.49 bits per heavy atom. The van der Waals surface area contributed by atoms with Crippen LogP contribution in [0.1, 0.15) is 37.5 Å². The molecular formula is C33H44BBrNO10S. The van der Waals surface area contributed by atoms with Crippen molar-refractivity contribution in [2.24, 2.45) is 4.30 Å². The number of hydrogen-bond donors (Lipinski definition) is 3. The summed E-state index contributed by atoms with van der Waals surface area (Å²) < 4.78 is 26.7. The second-order valence-corrected chi connectivity index (χ2v) is 10.1. The fraction of sp³-hybridized carbons (Fsp3) is 0.364. The maximum atomic E-state index is 11.1. The van der Waals surface area contributed by atoms with Crippen molar-refractivity contribution in [2.45, 2.75) is 58.3 Å². The van der Waals surface area contributed by atoms with Gasteiger partial charge in [0, 0.05) is 5.33 Å². The van der Waals surface area contributed by atoms with Crippen LogP contribution < -0.4 is 9.47 Å². The van der Waals surface area contributed by atoms with Gasteiger partial charge in [0.15, 0.2) is 12.2 Å². The number of carbonyl (C=O) groups is 3. The summed E-state index contributed by atoms with van der Waals surface area (Å²) in [4.78, 5) is 32.2. The third-order valence-electron chi connectivity index (χ3n) is 5.28. The molecule has 0 aliphatic carbocycles. The van der Waals surface area contributed by atoms with Crippen LogP contribution in [0.2, 0.25) is 0 Å². The van der Waals surface area contributed by atoms with E-state index in [9.17, 15) is 14.4 Å². The van der Waals surface area contributed by atoms with E-state index in [4.69, 9.17) is 19.7 Å². The zero-order valence-electron chi connectivity index (χ0n) is 27.9. The van der Waals surface area contributed by atoms with E-state index >= 15 is 0 Å². The first kappa shape index (κ1) is 45.2. The Morgan fingerprint density at radius 2 is 1.17 bits per heavy atom.